The number of nitrogens with one attached hydrogen (secondary N) is 4. The normalized spacial score (nSPS) is 14.3. The fraction of sp³-hybridized carbons (Fsp3) is 0.310. The maximum atomic E-state index is 13.1. The summed E-state index contributed by atoms with van der Waals surface area (Å²) in [6.45, 7) is 4.25. The molecule has 1 aliphatic carbocycles. The van der Waals surface area contributed by atoms with Crippen molar-refractivity contribution in [3.05, 3.63) is 72.3 Å². The molecule has 1 fully saturated rings. The number of aromatic amines is 1. The van der Waals surface area contributed by atoms with Crippen LogP contribution in [0.3, 0.4) is 0 Å². The predicted octanol–water partition coefficient (Wildman–Crippen LogP) is 6.87. The van der Waals surface area contributed by atoms with Gasteiger partial charge in [0.25, 0.3) is 0 Å². The largest absolute Gasteiger partial charge is 0.380 e. The summed E-state index contributed by atoms with van der Waals surface area (Å²) in [6.07, 6.45) is 6.11. The van der Waals surface area contributed by atoms with Gasteiger partial charge in [-0.2, -0.15) is 0 Å². The van der Waals surface area contributed by atoms with E-state index in [4.69, 9.17) is 0 Å². The minimum absolute atomic E-state index is 0.286. The van der Waals surface area contributed by atoms with Gasteiger partial charge in [-0.1, -0.05) is 67.8 Å². The zero-order valence-corrected chi connectivity index (χ0v) is 21.3. The highest BCUT2D eigenvalue weighted by molar-refractivity contribution is 6.02. The fourth-order valence-electron chi connectivity index (χ4n) is 5.19. The van der Waals surface area contributed by atoms with Gasteiger partial charge in [0, 0.05) is 17.3 Å². The minimum Gasteiger partial charge on any atom is -0.380 e. The van der Waals surface area contributed by atoms with Gasteiger partial charge < -0.3 is 16.0 Å². The first-order chi connectivity index (χ1) is 18.1. The number of urea groups is 1. The number of rotatable bonds is 8. The zero-order valence-electron chi connectivity index (χ0n) is 21.3. The number of hydrogen-bond donors (Lipinski definition) is 4. The Morgan fingerprint density at radius 2 is 1.73 bits per heavy atom. The highest BCUT2D eigenvalue weighted by atomic mass is 16.2. The Morgan fingerprint density at radius 1 is 0.973 bits per heavy atom. The van der Waals surface area contributed by atoms with E-state index in [9.17, 15) is 4.79 Å². The second-order valence-electron chi connectivity index (χ2n) is 9.70. The molecule has 0 spiro atoms. The Morgan fingerprint density at radius 3 is 2.43 bits per heavy atom. The molecule has 8 nitrogen and oxygen atoms in total. The summed E-state index contributed by atoms with van der Waals surface area (Å²) in [5.41, 5.74) is 6.34. The van der Waals surface area contributed by atoms with Crippen LogP contribution in [0.1, 0.15) is 44.6 Å². The van der Waals surface area contributed by atoms with Crippen molar-refractivity contribution >= 4 is 23.1 Å². The molecule has 37 heavy (non-hydrogen) atoms. The van der Waals surface area contributed by atoms with Gasteiger partial charge in [0.2, 0.25) is 0 Å². The molecule has 2 amide bonds. The van der Waals surface area contributed by atoms with Gasteiger partial charge in [-0.25, -0.2) is 9.89 Å². The van der Waals surface area contributed by atoms with Gasteiger partial charge in [-0.05, 0) is 77.9 Å². The van der Waals surface area contributed by atoms with E-state index in [-0.39, 0.29) is 6.03 Å². The van der Waals surface area contributed by atoms with Crippen LogP contribution in [0.25, 0.3) is 22.5 Å². The zero-order chi connectivity index (χ0) is 25.6. The molecule has 190 valence electrons. The lowest BCUT2D eigenvalue weighted by Crippen LogP contribution is -2.28. The Kier molecular flexibility index (Phi) is 7.44. The number of tetrazole rings is 1. The van der Waals surface area contributed by atoms with Crippen LogP contribution < -0.4 is 16.0 Å². The van der Waals surface area contributed by atoms with E-state index >= 15 is 0 Å². The van der Waals surface area contributed by atoms with E-state index in [1.54, 1.807) is 0 Å². The second-order valence-corrected chi connectivity index (χ2v) is 9.70. The molecule has 8 heteroatoms. The quantitative estimate of drug-likeness (QED) is 0.213. The lowest BCUT2D eigenvalue weighted by atomic mass is 9.95. The SMILES string of the molecule is CCC(Nc1ccc(-c2ccccc2-c2nnn[nH]2)cc1NC(=O)Nc1ccc(C)cc1)C1CCCC1. The summed E-state index contributed by atoms with van der Waals surface area (Å²) in [5.74, 6) is 1.25. The number of benzene rings is 3. The molecule has 4 aromatic rings. The van der Waals surface area contributed by atoms with Crippen molar-refractivity contribution in [2.45, 2.75) is 52.0 Å². The van der Waals surface area contributed by atoms with E-state index in [0.717, 1.165) is 45.7 Å². The Bertz CT molecular complexity index is 1330. The first-order valence-electron chi connectivity index (χ1n) is 13.0. The van der Waals surface area contributed by atoms with Crippen LogP contribution >= 0.6 is 0 Å². The molecule has 3 aromatic carbocycles. The van der Waals surface area contributed by atoms with E-state index in [0.29, 0.717) is 17.8 Å². The minimum atomic E-state index is -0.286. The number of H-pyrrole nitrogens is 1. The molecule has 1 unspecified atom stereocenters. The third-order valence-electron chi connectivity index (χ3n) is 7.17. The average Bonchev–Trinajstić information content (AvgIpc) is 3.64. The number of hydrogen-bond acceptors (Lipinski definition) is 5. The van der Waals surface area contributed by atoms with Gasteiger partial charge in [-0.3, -0.25) is 0 Å². The smallest absolute Gasteiger partial charge is 0.323 e. The second kappa shape index (κ2) is 11.2. The molecule has 0 bridgehead atoms. The van der Waals surface area contributed by atoms with Gasteiger partial charge in [0.15, 0.2) is 5.82 Å². The Balaban J connectivity index is 1.47. The molecule has 1 aromatic heterocycles. The van der Waals surface area contributed by atoms with Crippen molar-refractivity contribution in [3.8, 4) is 22.5 Å². The number of aromatic nitrogens is 4. The maximum absolute atomic E-state index is 13.1. The monoisotopic (exact) mass is 495 g/mol. The van der Waals surface area contributed by atoms with Crippen molar-refractivity contribution in [2.75, 3.05) is 16.0 Å². The van der Waals surface area contributed by atoms with E-state index in [1.807, 2.05) is 61.5 Å². The average molecular weight is 496 g/mol. The van der Waals surface area contributed by atoms with Crippen molar-refractivity contribution < 1.29 is 4.79 Å². The molecule has 1 atom stereocenters. The number of aryl methyl sites for hydroxylation is 1. The molecular formula is C29H33N7O. The van der Waals surface area contributed by atoms with Crippen LogP contribution in [0.2, 0.25) is 0 Å². The molecule has 0 saturated heterocycles. The van der Waals surface area contributed by atoms with Crippen molar-refractivity contribution in [3.63, 3.8) is 0 Å². The third-order valence-corrected chi connectivity index (χ3v) is 7.17. The lowest BCUT2D eigenvalue weighted by molar-refractivity contribution is 0.262. The molecule has 4 N–H and O–H groups in total. The van der Waals surface area contributed by atoms with Crippen LogP contribution in [0.5, 0.6) is 0 Å². The molecule has 0 radical (unpaired) electrons. The number of carbonyl (C=O) groups excluding carboxylic acids is 1. The molecule has 5 rings (SSSR count). The molecule has 1 heterocycles. The number of anilines is 3. The van der Waals surface area contributed by atoms with E-state index < -0.39 is 0 Å². The predicted molar refractivity (Wildman–Crippen MR) is 149 cm³/mol. The van der Waals surface area contributed by atoms with E-state index in [2.05, 4.69) is 55.6 Å². The third kappa shape index (κ3) is 5.80. The van der Waals surface area contributed by atoms with Crippen LogP contribution in [0.15, 0.2) is 66.7 Å². The highest BCUT2D eigenvalue weighted by Crippen LogP contribution is 2.36. The van der Waals surface area contributed by atoms with Crippen LogP contribution in [0.4, 0.5) is 21.9 Å². The van der Waals surface area contributed by atoms with Crippen LogP contribution in [0, 0.1) is 12.8 Å². The van der Waals surface area contributed by atoms with Gasteiger partial charge in [0.1, 0.15) is 0 Å². The van der Waals surface area contributed by atoms with Crippen LogP contribution in [-0.2, 0) is 0 Å². The van der Waals surface area contributed by atoms with Gasteiger partial charge in [0.05, 0.1) is 11.4 Å². The molecule has 1 aliphatic rings. The Labute approximate surface area is 217 Å². The Hall–Kier alpha value is -4.20. The first-order valence-corrected chi connectivity index (χ1v) is 13.0. The van der Waals surface area contributed by atoms with Gasteiger partial charge >= 0.3 is 6.03 Å². The van der Waals surface area contributed by atoms with E-state index in [1.165, 1.54) is 25.7 Å². The van der Waals surface area contributed by atoms with Crippen molar-refractivity contribution in [2.24, 2.45) is 5.92 Å². The summed E-state index contributed by atoms with van der Waals surface area (Å²) < 4.78 is 0. The summed E-state index contributed by atoms with van der Waals surface area (Å²) in [7, 11) is 0. The summed E-state index contributed by atoms with van der Waals surface area (Å²) in [6, 6.07) is 21.9. The fourth-order valence-corrected chi connectivity index (χ4v) is 5.19. The standard InChI is InChI=1S/C29H33N7O/c1-3-25(20-8-4-5-9-20)31-26-17-14-21(23-10-6-7-11-24(23)28-33-35-36-34-28)18-27(26)32-29(37)30-22-15-12-19(2)13-16-22/h6-7,10-18,20,25,31H,3-5,8-9H2,1-2H3,(H2,30,32,37)(H,33,34,35,36). The molecular weight excluding hydrogens is 462 g/mol. The lowest BCUT2D eigenvalue weighted by Gasteiger charge is -2.26. The van der Waals surface area contributed by atoms with Crippen molar-refractivity contribution in [1.29, 1.82) is 0 Å². The number of carbonyl (C=O) groups is 1. The molecule has 0 aliphatic heterocycles. The summed E-state index contributed by atoms with van der Waals surface area (Å²) >= 11 is 0. The van der Waals surface area contributed by atoms with Crippen molar-refractivity contribution in [1.82, 2.24) is 20.6 Å². The van der Waals surface area contributed by atoms with Gasteiger partial charge in [-0.15, -0.1) is 5.10 Å². The first kappa shape index (κ1) is 24.5. The molecule has 1 saturated carbocycles. The summed E-state index contributed by atoms with van der Waals surface area (Å²) in [5, 5.41) is 24.2. The number of amides is 2. The number of nitrogens with zero attached hydrogens (tertiary/aromatic N) is 3. The van der Waals surface area contributed by atoms with Crippen LogP contribution in [-0.4, -0.2) is 32.7 Å². The highest BCUT2D eigenvalue weighted by Gasteiger charge is 2.24. The maximum Gasteiger partial charge on any atom is 0.323 e. The topological polar surface area (TPSA) is 108 Å². The summed E-state index contributed by atoms with van der Waals surface area (Å²) in [4.78, 5) is 13.1.